The second-order valence-corrected chi connectivity index (χ2v) is 5.14. The molecule has 4 aromatic rings. The van der Waals surface area contributed by atoms with E-state index in [1.54, 1.807) is 27.7 Å². The first-order chi connectivity index (χ1) is 10.6. The van der Waals surface area contributed by atoms with Crippen LogP contribution in [0.2, 0.25) is 0 Å². The number of hydrogen-bond acceptors (Lipinski definition) is 3. The molecule has 0 fully saturated rings. The standard InChI is InChI=1S/C15H13FN6/c1-9-13-15(21(2)20-9)19-14(18-13)10-7-17-22(8-10)12-5-3-11(16)4-6-12/h3-8H,1-2H3,(H,18,19). The Labute approximate surface area is 125 Å². The van der Waals surface area contributed by atoms with Crippen LogP contribution in [0.15, 0.2) is 36.7 Å². The molecule has 0 radical (unpaired) electrons. The van der Waals surface area contributed by atoms with E-state index >= 15 is 0 Å². The SMILES string of the molecule is Cc1nn(C)c2nc(-c3cnn(-c4ccc(F)cc4)c3)[nH]c12. The topological polar surface area (TPSA) is 64.3 Å². The molecule has 3 heterocycles. The number of aryl methyl sites for hydroxylation is 2. The van der Waals surface area contributed by atoms with Crippen molar-refractivity contribution in [3.8, 4) is 17.1 Å². The van der Waals surface area contributed by atoms with Crippen LogP contribution in [0, 0.1) is 12.7 Å². The van der Waals surface area contributed by atoms with Crippen molar-refractivity contribution in [3.05, 3.63) is 48.2 Å². The van der Waals surface area contributed by atoms with E-state index in [-0.39, 0.29) is 5.82 Å². The lowest BCUT2D eigenvalue weighted by molar-refractivity contribution is 0.627. The van der Waals surface area contributed by atoms with Gasteiger partial charge in [0.25, 0.3) is 0 Å². The van der Waals surface area contributed by atoms with E-state index in [1.165, 1.54) is 12.1 Å². The number of aromatic amines is 1. The molecule has 0 bridgehead atoms. The molecule has 0 saturated heterocycles. The van der Waals surface area contributed by atoms with E-state index < -0.39 is 0 Å². The van der Waals surface area contributed by atoms with Crippen LogP contribution in [0.3, 0.4) is 0 Å². The molecule has 0 aliphatic rings. The first-order valence-corrected chi connectivity index (χ1v) is 6.82. The minimum Gasteiger partial charge on any atom is -0.335 e. The summed E-state index contributed by atoms with van der Waals surface area (Å²) in [5, 5.41) is 8.62. The first-order valence-electron chi connectivity index (χ1n) is 6.82. The number of halogens is 1. The maximum absolute atomic E-state index is 13.0. The highest BCUT2D eigenvalue weighted by molar-refractivity contribution is 5.78. The highest BCUT2D eigenvalue weighted by atomic mass is 19.1. The zero-order valence-electron chi connectivity index (χ0n) is 12.1. The molecule has 6 nitrogen and oxygen atoms in total. The molecule has 4 rings (SSSR count). The number of benzene rings is 1. The van der Waals surface area contributed by atoms with E-state index in [0.29, 0.717) is 0 Å². The van der Waals surface area contributed by atoms with E-state index in [1.807, 2.05) is 20.2 Å². The largest absolute Gasteiger partial charge is 0.335 e. The molecule has 0 amide bonds. The van der Waals surface area contributed by atoms with Crippen LogP contribution in [-0.2, 0) is 7.05 Å². The second-order valence-electron chi connectivity index (χ2n) is 5.14. The van der Waals surface area contributed by atoms with Crippen molar-refractivity contribution >= 4 is 11.2 Å². The highest BCUT2D eigenvalue weighted by Crippen LogP contribution is 2.22. The lowest BCUT2D eigenvalue weighted by atomic mass is 10.3. The van der Waals surface area contributed by atoms with Crippen LogP contribution in [0.1, 0.15) is 5.69 Å². The Kier molecular flexibility index (Phi) is 2.62. The Morgan fingerprint density at radius 1 is 1.18 bits per heavy atom. The molecule has 22 heavy (non-hydrogen) atoms. The molecule has 0 aliphatic heterocycles. The van der Waals surface area contributed by atoms with Gasteiger partial charge in [-0.2, -0.15) is 10.2 Å². The minimum absolute atomic E-state index is 0.267. The average molecular weight is 296 g/mol. The number of nitrogens with zero attached hydrogens (tertiary/aromatic N) is 5. The van der Waals surface area contributed by atoms with Crippen LogP contribution < -0.4 is 0 Å². The summed E-state index contributed by atoms with van der Waals surface area (Å²) in [4.78, 5) is 7.82. The number of H-pyrrole nitrogens is 1. The summed E-state index contributed by atoms with van der Waals surface area (Å²) in [6, 6.07) is 6.18. The van der Waals surface area contributed by atoms with Crippen molar-refractivity contribution in [2.45, 2.75) is 6.92 Å². The molecule has 3 aromatic heterocycles. The number of hydrogen-bond donors (Lipinski definition) is 1. The van der Waals surface area contributed by atoms with E-state index in [0.717, 1.165) is 33.9 Å². The van der Waals surface area contributed by atoms with Crippen molar-refractivity contribution in [1.29, 1.82) is 0 Å². The fourth-order valence-electron chi connectivity index (χ4n) is 2.49. The Bertz CT molecular complexity index is 925. The minimum atomic E-state index is -0.267. The molecule has 0 aliphatic carbocycles. The summed E-state index contributed by atoms with van der Waals surface area (Å²) >= 11 is 0. The van der Waals surface area contributed by atoms with Gasteiger partial charge in [-0.15, -0.1) is 0 Å². The van der Waals surface area contributed by atoms with Crippen LogP contribution in [-0.4, -0.2) is 29.5 Å². The average Bonchev–Trinajstić information content (AvgIpc) is 3.18. The van der Waals surface area contributed by atoms with Crippen molar-refractivity contribution < 1.29 is 4.39 Å². The van der Waals surface area contributed by atoms with Crippen molar-refractivity contribution in [1.82, 2.24) is 29.5 Å². The summed E-state index contributed by atoms with van der Waals surface area (Å²) in [6.07, 6.45) is 3.58. The zero-order chi connectivity index (χ0) is 15.3. The molecule has 1 aromatic carbocycles. The Morgan fingerprint density at radius 3 is 2.68 bits per heavy atom. The van der Waals surface area contributed by atoms with Crippen LogP contribution in [0.5, 0.6) is 0 Å². The molecule has 7 heteroatoms. The smallest absolute Gasteiger partial charge is 0.176 e. The molecule has 0 saturated carbocycles. The molecule has 0 atom stereocenters. The van der Waals surface area contributed by atoms with Gasteiger partial charge in [-0.1, -0.05) is 0 Å². The van der Waals surface area contributed by atoms with Crippen LogP contribution >= 0.6 is 0 Å². The summed E-state index contributed by atoms with van der Waals surface area (Å²) in [6.45, 7) is 1.94. The van der Waals surface area contributed by atoms with Gasteiger partial charge >= 0.3 is 0 Å². The van der Waals surface area contributed by atoms with Gasteiger partial charge in [-0.05, 0) is 31.2 Å². The van der Waals surface area contributed by atoms with Crippen molar-refractivity contribution in [2.24, 2.45) is 7.05 Å². The summed E-state index contributed by atoms with van der Waals surface area (Å²) in [5.41, 5.74) is 4.29. The Morgan fingerprint density at radius 2 is 1.95 bits per heavy atom. The van der Waals surface area contributed by atoms with Crippen LogP contribution in [0.25, 0.3) is 28.2 Å². The Balaban J connectivity index is 1.76. The fraction of sp³-hybridized carbons (Fsp3) is 0.133. The molecular formula is C15H13FN6. The third-order valence-corrected chi connectivity index (χ3v) is 3.60. The number of aromatic nitrogens is 6. The maximum Gasteiger partial charge on any atom is 0.176 e. The monoisotopic (exact) mass is 296 g/mol. The molecule has 0 unspecified atom stereocenters. The fourth-order valence-corrected chi connectivity index (χ4v) is 2.49. The number of fused-ring (bicyclic) bond motifs is 1. The predicted octanol–water partition coefficient (Wildman–Crippen LogP) is 2.60. The third kappa shape index (κ3) is 1.90. The Hall–Kier alpha value is -2.96. The van der Waals surface area contributed by atoms with Gasteiger partial charge in [0, 0.05) is 13.2 Å². The number of nitrogens with one attached hydrogen (secondary N) is 1. The summed E-state index contributed by atoms with van der Waals surface area (Å²) in [5.74, 6) is 0.468. The lowest BCUT2D eigenvalue weighted by Crippen LogP contribution is -1.93. The first kappa shape index (κ1) is 12.8. The summed E-state index contributed by atoms with van der Waals surface area (Å²) in [7, 11) is 1.86. The number of rotatable bonds is 2. The normalized spacial score (nSPS) is 11.4. The predicted molar refractivity (Wildman–Crippen MR) is 80.1 cm³/mol. The van der Waals surface area contributed by atoms with Gasteiger partial charge in [0.05, 0.1) is 23.1 Å². The van der Waals surface area contributed by atoms with Gasteiger partial charge in [0.15, 0.2) is 5.65 Å². The van der Waals surface area contributed by atoms with Gasteiger partial charge in [0.1, 0.15) is 17.2 Å². The maximum atomic E-state index is 13.0. The van der Waals surface area contributed by atoms with Crippen molar-refractivity contribution in [3.63, 3.8) is 0 Å². The van der Waals surface area contributed by atoms with E-state index in [9.17, 15) is 4.39 Å². The third-order valence-electron chi connectivity index (χ3n) is 3.60. The summed E-state index contributed by atoms with van der Waals surface area (Å²) < 4.78 is 16.4. The van der Waals surface area contributed by atoms with Crippen molar-refractivity contribution in [2.75, 3.05) is 0 Å². The van der Waals surface area contributed by atoms with E-state index in [2.05, 4.69) is 20.2 Å². The van der Waals surface area contributed by atoms with Gasteiger partial charge in [-0.25, -0.2) is 18.7 Å². The van der Waals surface area contributed by atoms with Gasteiger partial charge in [-0.3, -0.25) is 0 Å². The van der Waals surface area contributed by atoms with Gasteiger partial charge in [0.2, 0.25) is 0 Å². The number of imidazole rings is 1. The molecular weight excluding hydrogens is 283 g/mol. The quantitative estimate of drug-likeness (QED) is 0.618. The second kappa shape index (κ2) is 4.52. The van der Waals surface area contributed by atoms with E-state index in [4.69, 9.17) is 0 Å². The van der Waals surface area contributed by atoms with Gasteiger partial charge < -0.3 is 4.98 Å². The highest BCUT2D eigenvalue weighted by Gasteiger charge is 2.13. The molecule has 0 spiro atoms. The zero-order valence-corrected chi connectivity index (χ0v) is 12.1. The molecule has 1 N–H and O–H groups in total. The van der Waals surface area contributed by atoms with Crippen LogP contribution in [0.4, 0.5) is 4.39 Å². The lowest BCUT2D eigenvalue weighted by Gasteiger charge is -1.99. The molecule has 110 valence electrons.